The van der Waals surface area contributed by atoms with Crippen molar-refractivity contribution in [3.8, 4) is 0 Å². The Kier molecular flexibility index (Phi) is 2.88. The van der Waals surface area contributed by atoms with E-state index >= 15 is 0 Å². The Labute approximate surface area is 66.8 Å². The van der Waals surface area contributed by atoms with Crippen LogP contribution in [0.4, 0.5) is 0 Å². The van der Waals surface area contributed by atoms with E-state index in [1.807, 2.05) is 0 Å². The van der Waals surface area contributed by atoms with Crippen LogP contribution < -0.4 is 5.32 Å². The predicted octanol–water partition coefficient (Wildman–Crippen LogP) is 0.722. The maximum absolute atomic E-state index is 10.6. The summed E-state index contributed by atoms with van der Waals surface area (Å²) in [6.45, 7) is 3.49. The molecule has 1 radical (unpaired) electrons. The summed E-state index contributed by atoms with van der Waals surface area (Å²) in [6, 6.07) is 0. The summed E-state index contributed by atoms with van der Waals surface area (Å²) < 4.78 is 0. The van der Waals surface area contributed by atoms with Crippen LogP contribution in [0.3, 0.4) is 0 Å². The van der Waals surface area contributed by atoms with Crippen molar-refractivity contribution in [1.82, 2.24) is 5.32 Å². The van der Waals surface area contributed by atoms with Crippen molar-refractivity contribution in [1.29, 1.82) is 0 Å². The van der Waals surface area contributed by atoms with Gasteiger partial charge in [0.25, 0.3) is 0 Å². The monoisotopic (exact) mass is 156 g/mol. The number of hydrogen-bond acceptors (Lipinski definition) is 1. The van der Waals surface area contributed by atoms with E-state index in [0.29, 0.717) is 5.92 Å². The molecule has 1 saturated heterocycles. The van der Waals surface area contributed by atoms with Gasteiger partial charge in [0.05, 0.1) is 5.92 Å². The summed E-state index contributed by atoms with van der Waals surface area (Å²) in [5.41, 5.74) is 0. The third kappa shape index (κ3) is 2.19. The zero-order valence-electron chi connectivity index (χ0n) is 6.79. The highest BCUT2D eigenvalue weighted by atomic mass is 16.4. The van der Waals surface area contributed by atoms with Gasteiger partial charge in [-0.25, -0.2) is 5.32 Å². The second-order valence-corrected chi connectivity index (χ2v) is 3.14. The van der Waals surface area contributed by atoms with Crippen molar-refractivity contribution in [3.63, 3.8) is 0 Å². The van der Waals surface area contributed by atoms with Gasteiger partial charge in [-0.2, -0.15) is 0 Å². The average Bonchev–Trinajstić information content (AvgIpc) is 2.05. The highest BCUT2D eigenvalue weighted by Gasteiger charge is 2.24. The van der Waals surface area contributed by atoms with E-state index < -0.39 is 5.97 Å². The first-order valence-corrected chi connectivity index (χ1v) is 4.08. The van der Waals surface area contributed by atoms with Gasteiger partial charge in [-0.05, 0) is 18.8 Å². The SMILES string of the molecule is CC(C(=O)O)C1CC[N]CC1. The molecule has 1 N–H and O–H groups in total. The number of aliphatic carboxylic acids is 1. The van der Waals surface area contributed by atoms with Crippen LogP contribution in [0.2, 0.25) is 0 Å². The van der Waals surface area contributed by atoms with Gasteiger partial charge in [0.1, 0.15) is 0 Å². The summed E-state index contributed by atoms with van der Waals surface area (Å²) in [5.74, 6) is -0.507. The lowest BCUT2D eigenvalue weighted by Crippen LogP contribution is -2.30. The minimum Gasteiger partial charge on any atom is -0.481 e. The molecule has 0 aromatic heterocycles. The molecule has 0 spiro atoms. The summed E-state index contributed by atoms with van der Waals surface area (Å²) >= 11 is 0. The lowest BCUT2D eigenvalue weighted by atomic mass is 9.86. The second-order valence-electron chi connectivity index (χ2n) is 3.14. The fourth-order valence-corrected chi connectivity index (χ4v) is 1.47. The predicted molar refractivity (Wildman–Crippen MR) is 41.4 cm³/mol. The van der Waals surface area contributed by atoms with E-state index in [1.165, 1.54) is 0 Å². The van der Waals surface area contributed by atoms with Gasteiger partial charge in [-0.1, -0.05) is 6.92 Å². The molecule has 1 aliphatic heterocycles. The van der Waals surface area contributed by atoms with Crippen LogP contribution in [0.1, 0.15) is 19.8 Å². The summed E-state index contributed by atoms with van der Waals surface area (Å²) in [5, 5.41) is 12.9. The molecule has 0 aromatic carbocycles. The normalized spacial score (nSPS) is 23.0. The summed E-state index contributed by atoms with van der Waals surface area (Å²) in [4.78, 5) is 10.6. The second kappa shape index (κ2) is 3.72. The molecule has 3 nitrogen and oxygen atoms in total. The molecule has 0 amide bonds. The number of carboxylic acids is 1. The first kappa shape index (κ1) is 8.53. The van der Waals surface area contributed by atoms with Gasteiger partial charge < -0.3 is 5.11 Å². The molecule has 0 aromatic rings. The highest BCUT2D eigenvalue weighted by molar-refractivity contribution is 5.69. The fourth-order valence-electron chi connectivity index (χ4n) is 1.47. The molecular formula is C8H14NO2. The number of rotatable bonds is 2. The molecule has 0 bridgehead atoms. The van der Waals surface area contributed by atoms with Crippen LogP contribution in [0.25, 0.3) is 0 Å². The van der Waals surface area contributed by atoms with Crippen molar-refractivity contribution in [2.45, 2.75) is 19.8 Å². The van der Waals surface area contributed by atoms with Crippen LogP contribution in [-0.4, -0.2) is 24.2 Å². The highest BCUT2D eigenvalue weighted by Crippen LogP contribution is 2.21. The molecule has 1 aliphatic rings. The maximum Gasteiger partial charge on any atom is 0.306 e. The topological polar surface area (TPSA) is 51.4 Å². The first-order valence-electron chi connectivity index (χ1n) is 4.08. The molecule has 0 saturated carbocycles. The van der Waals surface area contributed by atoms with Crippen LogP contribution in [0.15, 0.2) is 0 Å². The Morgan fingerprint density at radius 1 is 1.55 bits per heavy atom. The minimum atomic E-state index is -0.670. The lowest BCUT2D eigenvalue weighted by Gasteiger charge is -2.24. The molecule has 11 heavy (non-hydrogen) atoms. The molecule has 1 unspecified atom stereocenters. The number of piperidine rings is 1. The first-order chi connectivity index (χ1) is 5.22. The fraction of sp³-hybridized carbons (Fsp3) is 0.875. The van der Waals surface area contributed by atoms with E-state index in [9.17, 15) is 4.79 Å². The molecule has 1 atom stereocenters. The van der Waals surface area contributed by atoms with Crippen molar-refractivity contribution in [3.05, 3.63) is 0 Å². The Morgan fingerprint density at radius 3 is 2.55 bits per heavy atom. The van der Waals surface area contributed by atoms with Gasteiger partial charge in [0.2, 0.25) is 0 Å². The van der Waals surface area contributed by atoms with Crippen LogP contribution in [-0.2, 0) is 4.79 Å². The van der Waals surface area contributed by atoms with Gasteiger partial charge >= 0.3 is 5.97 Å². The van der Waals surface area contributed by atoms with Gasteiger partial charge in [0.15, 0.2) is 0 Å². The van der Waals surface area contributed by atoms with E-state index in [4.69, 9.17) is 5.11 Å². The molecule has 63 valence electrons. The molecule has 1 rings (SSSR count). The number of nitrogens with zero attached hydrogens (tertiary/aromatic N) is 1. The third-order valence-electron chi connectivity index (χ3n) is 2.41. The van der Waals surface area contributed by atoms with Crippen molar-refractivity contribution in [2.75, 3.05) is 13.1 Å². The van der Waals surface area contributed by atoms with E-state index in [0.717, 1.165) is 25.9 Å². The van der Waals surface area contributed by atoms with E-state index in [1.54, 1.807) is 6.92 Å². The Hall–Kier alpha value is -0.570. The Balaban J connectivity index is 2.38. The van der Waals surface area contributed by atoms with Crippen molar-refractivity contribution < 1.29 is 9.90 Å². The largest absolute Gasteiger partial charge is 0.481 e. The third-order valence-corrected chi connectivity index (χ3v) is 2.41. The van der Waals surface area contributed by atoms with Crippen molar-refractivity contribution in [2.24, 2.45) is 11.8 Å². The van der Waals surface area contributed by atoms with Crippen LogP contribution >= 0.6 is 0 Å². The molecular weight excluding hydrogens is 142 g/mol. The van der Waals surface area contributed by atoms with Gasteiger partial charge in [-0.15, -0.1) is 0 Å². The smallest absolute Gasteiger partial charge is 0.306 e. The number of carboxylic acid groups (broad SMARTS) is 1. The lowest BCUT2D eigenvalue weighted by molar-refractivity contribution is -0.143. The van der Waals surface area contributed by atoms with Gasteiger partial charge in [-0.3, -0.25) is 4.79 Å². The molecule has 3 heteroatoms. The zero-order valence-corrected chi connectivity index (χ0v) is 6.79. The Morgan fingerprint density at radius 2 is 2.09 bits per heavy atom. The van der Waals surface area contributed by atoms with E-state index in [2.05, 4.69) is 5.32 Å². The molecule has 1 heterocycles. The van der Waals surface area contributed by atoms with Crippen molar-refractivity contribution >= 4 is 5.97 Å². The van der Waals surface area contributed by atoms with Gasteiger partial charge in [0, 0.05) is 13.1 Å². The minimum absolute atomic E-state index is 0.189. The van der Waals surface area contributed by atoms with Crippen LogP contribution in [0, 0.1) is 11.8 Å². The summed E-state index contributed by atoms with van der Waals surface area (Å²) in [6.07, 6.45) is 1.90. The molecule has 1 fully saturated rings. The number of carbonyl (C=O) groups is 1. The molecule has 0 aliphatic carbocycles. The average molecular weight is 156 g/mol. The zero-order chi connectivity index (χ0) is 8.27. The maximum atomic E-state index is 10.6. The quantitative estimate of drug-likeness (QED) is 0.640. The Bertz CT molecular complexity index is 141. The van der Waals surface area contributed by atoms with E-state index in [-0.39, 0.29) is 5.92 Å². The van der Waals surface area contributed by atoms with Crippen LogP contribution in [0.5, 0.6) is 0 Å². The number of hydrogen-bond donors (Lipinski definition) is 1. The standard InChI is InChI=1S/C8H14NO2/c1-6(8(10)11)7-2-4-9-5-3-7/h6-7H,2-5H2,1H3,(H,10,11). The summed E-state index contributed by atoms with van der Waals surface area (Å²) in [7, 11) is 0.